The lowest BCUT2D eigenvalue weighted by Gasteiger charge is -2.47. The highest BCUT2D eigenvalue weighted by Crippen LogP contribution is 2.48. The second-order valence-corrected chi connectivity index (χ2v) is 11.3. The molecule has 5 rings (SSSR count). The number of nitro groups is 1. The molecule has 11 heteroatoms. The van der Waals surface area contributed by atoms with Crippen molar-refractivity contribution in [2.24, 2.45) is 5.73 Å². The number of nitro benzene ring substituents is 1. The van der Waals surface area contributed by atoms with Crippen LogP contribution in [-0.2, 0) is 21.3 Å². The van der Waals surface area contributed by atoms with Gasteiger partial charge in [-0.25, -0.2) is 8.60 Å². The van der Waals surface area contributed by atoms with E-state index < -0.39 is 46.3 Å². The molecule has 43 heavy (non-hydrogen) atoms. The molecular weight excluding hydrogens is 571 g/mol. The Hall–Kier alpha value is -4.87. The average Bonchev–Trinajstić information content (AvgIpc) is 3.40. The van der Waals surface area contributed by atoms with Crippen LogP contribution in [0.4, 0.5) is 10.1 Å². The van der Waals surface area contributed by atoms with Gasteiger partial charge >= 0.3 is 5.97 Å². The van der Waals surface area contributed by atoms with Crippen LogP contribution in [0.1, 0.15) is 23.1 Å². The largest absolute Gasteiger partial charge is 0.480 e. The standard InChI is InChI=1S/C32H29FN4O5S/c33-21-30-35(22-27(20-29(34)31(38)39)36(30)43(42)28-18-16-26(17-19-28)37(40)41)32(23-10-4-1-5-11-23,24-12-6-2-7-13-24)25-14-8-3-9-15-25/h1-19,22,29-30H,20-21,34H2,(H,38,39)/t29-,30?,43?/m0/s1. The summed E-state index contributed by atoms with van der Waals surface area (Å²) >= 11 is 0. The van der Waals surface area contributed by atoms with E-state index >= 15 is 4.39 Å². The van der Waals surface area contributed by atoms with Gasteiger partial charge < -0.3 is 15.7 Å². The van der Waals surface area contributed by atoms with E-state index in [2.05, 4.69) is 0 Å². The van der Waals surface area contributed by atoms with E-state index in [0.717, 1.165) is 16.7 Å². The van der Waals surface area contributed by atoms with Crippen LogP contribution in [0, 0.1) is 10.1 Å². The molecule has 220 valence electrons. The molecule has 0 spiro atoms. The summed E-state index contributed by atoms with van der Waals surface area (Å²) in [6.07, 6.45) is 0.228. The summed E-state index contributed by atoms with van der Waals surface area (Å²) in [7, 11) is -2.08. The summed E-state index contributed by atoms with van der Waals surface area (Å²) in [6, 6.07) is 32.3. The first kappa shape index (κ1) is 29.6. The van der Waals surface area contributed by atoms with Crippen molar-refractivity contribution in [2.45, 2.75) is 29.1 Å². The molecule has 9 nitrogen and oxygen atoms in total. The van der Waals surface area contributed by atoms with Crippen molar-refractivity contribution in [3.8, 4) is 0 Å². The lowest BCUT2D eigenvalue weighted by Crippen LogP contribution is -2.53. The van der Waals surface area contributed by atoms with Crippen molar-refractivity contribution in [3.05, 3.63) is 154 Å². The molecule has 0 aliphatic carbocycles. The lowest BCUT2D eigenvalue weighted by molar-refractivity contribution is -0.384. The number of alkyl halides is 1. The normalized spacial score (nSPS) is 16.4. The monoisotopic (exact) mass is 600 g/mol. The number of halogens is 1. The van der Waals surface area contributed by atoms with Crippen LogP contribution in [-0.4, -0.2) is 48.3 Å². The van der Waals surface area contributed by atoms with Gasteiger partial charge in [0.2, 0.25) is 0 Å². The van der Waals surface area contributed by atoms with Crippen LogP contribution in [0.3, 0.4) is 0 Å². The van der Waals surface area contributed by atoms with E-state index in [1.807, 2.05) is 91.0 Å². The van der Waals surface area contributed by atoms with Crippen LogP contribution in [0.25, 0.3) is 0 Å². The molecule has 0 saturated heterocycles. The van der Waals surface area contributed by atoms with Crippen LogP contribution in [0.15, 0.2) is 132 Å². The molecule has 1 heterocycles. The summed E-state index contributed by atoms with van der Waals surface area (Å²) in [4.78, 5) is 24.4. The molecule has 3 N–H and O–H groups in total. The number of hydrogen-bond acceptors (Lipinski definition) is 6. The van der Waals surface area contributed by atoms with Gasteiger partial charge in [-0.3, -0.25) is 19.2 Å². The first-order valence-corrected chi connectivity index (χ1v) is 14.5. The van der Waals surface area contributed by atoms with Crippen LogP contribution < -0.4 is 5.73 Å². The minimum absolute atomic E-state index is 0.186. The van der Waals surface area contributed by atoms with E-state index in [0.29, 0.717) is 0 Å². The molecule has 1 aliphatic rings. The third-order valence-corrected chi connectivity index (χ3v) is 8.95. The van der Waals surface area contributed by atoms with E-state index in [1.165, 1.54) is 28.6 Å². The summed E-state index contributed by atoms with van der Waals surface area (Å²) in [5.41, 5.74) is 7.28. The highest BCUT2D eigenvalue weighted by Gasteiger charge is 2.50. The van der Waals surface area contributed by atoms with E-state index in [-0.39, 0.29) is 22.7 Å². The highest BCUT2D eigenvalue weighted by molar-refractivity contribution is 7.82. The number of hydrogen-bond donors (Lipinski definition) is 2. The second kappa shape index (κ2) is 12.6. The Labute approximate surface area is 250 Å². The number of non-ortho nitro benzene ring substituents is 1. The SMILES string of the molecule is N[C@@H](CC1=CN(C(c2ccccc2)(c2ccccc2)c2ccccc2)C(CF)N1S(=O)c1ccc([N+](=O)[O-])cc1)C(=O)O. The Kier molecular flexibility index (Phi) is 8.65. The first-order valence-electron chi connectivity index (χ1n) is 13.4. The molecule has 3 atom stereocenters. The minimum Gasteiger partial charge on any atom is -0.480 e. The number of carboxylic acid groups (broad SMARTS) is 1. The van der Waals surface area contributed by atoms with Crippen LogP contribution in [0.2, 0.25) is 0 Å². The number of carboxylic acids is 1. The zero-order valence-electron chi connectivity index (χ0n) is 22.9. The van der Waals surface area contributed by atoms with E-state index in [4.69, 9.17) is 5.73 Å². The summed E-state index contributed by atoms with van der Waals surface area (Å²) in [5.74, 6) is -1.27. The van der Waals surface area contributed by atoms with Crippen molar-refractivity contribution in [1.29, 1.82) is 0 Å². The molecule has 0 fully saturated rings. The van der Waals surface area contributed by atoms with Crippen molar-refractivity contribution in [3.63, 3.8) is 0 Å². The van der Waals surface area contributed by atoms with Gasteiger partial charge in [0.1, 0.15) is 24.4 Å². The fourth-order valence-corrected chi connectivity index (χ4v) is 6.83. The average molecular weight is 601 g/mol. The first-order chi connectivity index (χ1) is 20.8. The Morgan fingerprint density at radius 2 is 1.37 bits per heavy atom. The van der Waals surface area contributed by atoms with Crippen LogP contribution >= 0.6 is 0 Å². The van der Waals surface area contributed by atoms with Crippen molar-refractivity contribution in [1.82, 2.24) is 9.21 Å². The smallest absolute Gasteiger partial charge is 0.320 e. The highest BCUT2D eigenvalue weighted by atomic mass is 32.2. The number of benzene rings is 4. The fourth-order valence-electron chi connectivity index (χ4n) is 5.52. The van der Waals surface area contributed by atoms with Gasteiger partial charge in [-0.15, -0.1) is 0 Å². The molecule has 0 saturated carbocycles. The fraction of sp³-hybridized carbons (Fsp3) is 0.156. The number of nitrogens with zero attached hydrogens (tertiary/aromatic N) is 3. The third-order valence-electron chi connectivity index (χ3n) is 7.44. The summed E-state index contributed by atoms with van der Waals surface area (Å²) in [6.45, 7) is -0.991. The molecule has 4 aromatic carbocycles. The molecular formula is C32H29FN4O5S. The molecule has 2 unspecified atom stereocenters. The van der Waals surface area contributed by atoms with Crippen molar-refractivity contribution in [2.75, 3.05) is 6.67 Å². The van der Waals surface area contributed by atoms with E-state index in [1.54, 1.807) is 11.1 Å². The molecule has 4 aromatic rings. The van der Waals surface area contributed by atoms with Crippen molar-refractivity contribution >= 4 is 22.6 Å². The number of rotatable bonds is 11. The molecule has 0 aromatic heterocycles. The molecule has 0 bridgehead atoms. The van der Waals surface area contributed by atoms with Gasteiger partial charge in [-0.05, 0) is 28.8 Å². The maximum Gasteiger partial charge on any atom is 0.320 e. The molecule has 1 aliphatic heterocycles. The van der Waals surface area contributed by atoms with Gasteiger partial charge in [0.15, 0.2) is 11.0 Å². The summed E-state index contributed by atoms with van der Waals surface area (Å²) < 4.78 is 31.0. The van der Waals surface area contributed by atoms with Crippen molar-refractivity contribution < 1.29 is 23.4 Å². The Bertz CT molecular complexity index is 1540. The lowest BCUT2D eigenvalue weighted by atomic mass is 9.75. The molecule has 0 radical (unpaired) electrons. The Morgan fingerprint density at radius 1 is 0.907 bits per heavy atom. The third kappa shape index (κ3) is 5.52. The summed E-state index contributed by atoms with van der Waals surface area (Å²) in [5, 5.41) is 20.9. The van der Waals surface area contributed by atoms with Gasteiger partial charge in [-0.1, -0.05) is 91.0 Å². The predicted octanol–water partition coefficient (Wildman–Crippen LogP) is 5.17. The topological polar surface area (TPSA) is 130 Å². The second-order valence-electron chi connectivity index (χ2n) is 9.95. The quantitative estimate of drug-likeness (QED) is 0.138. The maximum absolute atomic E-state index is 15.5. The van der Waals surface area contributed by atoms with Gasteiger partial charge in [-0.2, -0.15) is 0 Å². The zero-order chi connectivity index (χ0) is 30.6. The number of aliphatic carboxylic acids is 1. The maximum atomic E-state index is 15.5. The van der Waals surface area contributed by atoms with Gasteiger partial charge in [0.25, 0.3) is 5.69 Å². The van der Waals surface area contributed by atoms with Crippen LogP contribution in [0.5, 0.6) is 0 Å². The van der Waals surface area contributed by atoms with Gasteiger partial charge in [0.05, 0.1) is 9.82 Å². The Balaban J connectivity index is 1.76. The van der Waals surface area contributed by atoms with E-state index in [9.17, 15) is 24.2 Å². The molecule has 0 amide bonds. The Morgan fingerprint density at radius 3 is 1.77 bits per heavy atom. The zero-order valence-corrected chi connectivity index (χ0v) is 23.7. The number of nitrogens with two attached hydrogens (primary N) is 1. The predicted molar refractivity (Wildman–Crippen MR) is 160 cm³/mol. The minimum atomic E-state index is -2.08. The number of carbonyl (C=O) groups is 1. The van der Waals surface area contributed by atoms with Gasteiger partial charge in [0, 0.05) is 30.5 Å².